The third-order valence-electron chi connectivity index (χ3n) is 2.00. The van der Waals surface area contributed by atoms with Gasteiger partial charge in [-0.05, 0) is 6.42 Å². The average molecular weight is 189 g/mol. The van der Waals surface area contributed by atoms with Gasteiger partial charge in [-0.1, -0.05) is 19.4 Å². The SMILES string of the molecule is C#CC(CC)NCc1cnn(C=C)c1. The molecule has 1 rings (SSSR count). The minimum Gasteiger partial charge on any atom is -0.299 e. The van der Waals surface area contributed by atoms with Crippen molar-refractivity contribution in [3.05, 3.63) is 24.5 Å². The van der Waals surface area contributed by atoms with Gasteiger partial charge in [0.1, 0.15) is 0 Å². The molecule has 1 atom stereocenters. The Bertz CT molecular complexity index is 333. The summed E-state index contributed by atoms with van der Waals surface area (Å²) in [6.45, 7) is 6.43. The molecule has 0 aliphatic rings. The van der Waals surface area contributed by atoms with Crippen LogP contribution >= 0.6 is 0 Å². The Kier molecular flexibility index (Phi) is 3.96. The van der Waals surface area contributed by atoms with Crippen LogP contribution in [0.4, 0.5) is 0 Å². The highest BCUT2D eigenvalue weighted by atomic mass is 15.2. The molecule has 0 aliphatic carbocycles. The quantitative estimate of drug-likeness (QED) is 0.711. The molecule has 0 saturated heterocycles. The van der Waals surface area contributed by atoms with Crippen molar-refractivity contribution in [2.75, 3.05) is 0 Å². The highest BCUT2D eigenvalue weighted by Crippen LogP contribution is 1.98. The van der Waals surface area contributed by atoms with E-state index in [0.717, 1.165) is 18.5 Å². The molecule has 0 aromatic carbocycles. The van der Waals surface area contributed by atoms with Crippen molar-refractivity contribution in [2.45, 2.75) is 25.9 Å². The van der Waals surface area contributed by atoms with E-state index in [1.165, 1.54) is 0 Å². The first-order valence-electron chi connectivity index (χ1n) is 4.65. The van der Waals surface area contributed by atoms with Crippen molar-refractivity contribution in [3.8, 4) is 12.3 Å². The lowest BCUT2D eigenvalue weighted by molar-refractivity contribution is 0.592. The smallest absolute Gasteiger partial charge is 0.0686 e. The van der Waals surface area contributed by atoms with Crippen LogP contribution in [0, 0.1) is 12.3 Å². The maximum atomic E-state index is 5.33. The number of nitrogens with one attached hydrogen (secondary N) is 1. The van der Waals surface area contributed by atoms with Crippen LogP contribution in [-0.2, 0) is 6.54 Å². The molecule has 1 unspecified atom stereocenters. The zero-order valence-electron chi connectivity index (χ0n) is 8.40. The van der Waals surface area contributed by atoms with Gasteiger partial charge in [-0.3, -0.25) is 5.32 Å². The maximum absolute atomic E-state index is 5.33. The first-order chi connectivity index (χ1) is 6.80. The molecular weight excluding hydrogens is 174 g/mol. The van der Waals surface area contributed by atoms with Crippen LogP contribution in [0.15, 0.2) is 19.0 Å². The molecule has 3 nitrogen and oxygen atoms in total. The van der Waals surface area contributed by atoms with E-state index < -0.39 is 0 Å². The zero-order valence-corrected chi connectivity index (χ0v) is 8.40. The predicted molar refractivity (Wildman–Crippen MR) is 58.4 cm³/mol. The van der Waals surface area contributed by atoms with Crippen LogP contribution in [0.3, 0.4) is 0 Å². The minimum atomic E-state index is 0.141. The third-order valence-corrected chi connectivity index (χ3v) is 2.00. The van der Waals surface area contributed by atoms with Crippen molar-refractivity contribution in [2.24, 2.45) is 0 Å². The number of terminal acetylenes is 1. The fourth-order valence-corrected chi connectivity index (χ4v) is 1.13. The van der Waals surface area contributed by atoms with Gasteiger partial charge >= 0.3 is 0 Å². The van der Waals surface area contributed by atoms with Crippen LogP contribution in [0.5, 0.6) is 0 Å². The lowest BCUT2D eigenvalue weighted by atomic mass is 10.2. The summed E-state index contributed by atoms with van der Waals surface area (Å²) in [7, 11) is 0. The number of rotatable bonds is 5. The topological polar surface area (TPSA) is 29.9 Å². The first kappa shape index (κ1) is 10.6. The molecule has 3 heteroatoms. The van der Waals surface area contributed by atoms with Gasteiger partial charge in [-0.15, -0.1) is 6.42 Å². The van der Waals surface area contributed by atoms with Gasteiger partial charge in [0.05, 0.1) is 12.2 Å². The van der Waals surface area contributed by atoms with Gasteiger partial charge in [-0.25, -0.2) is 4.68 Å². The predicted octanol–water partition coefficient (Wildman–Crippen LogP) is 1.49. The molecule has 74 valence electrons. The Hall–Kier alpha value is -1.53. The molecule has 0 fully saturated rings. The first-order valence-corrected chi connectivity index (χ1v) is 4.65. The van der Waals surface area contributed by atoms with Crippen LogP contribution in [0.2, 0.25) is 0 Å². The fraction of sp³-hybridized carbons (Fsp3) is 0.364. The Morgan fingerprint density at radius 3 is 3.14 bits per heavy atom. The molecule has 1 aromatic heterocycles. The largest absolute Gasteiger partial charge is 0.299 e. The van der Waals surface area contributed by atoms with Gasteiger partial charge in [-0.2, -0.15) is 5.10 Å². The lowest BCUT2D eigenvalue weighted by Crippen LogP contribution is -2.25. The second-order valence-electron chi connectivity index (χ2n) is 3.02. The molecule has 14 heavy (non-hydrogen) atoms. The van der Waals surface area contributed by atoms with E-state index in [0.29, 0.717) is 0 Å². The highest BCUT2D eigenvalue weighted by Gasteiger charge is 2.01. The van der Waals surface area contributed by atoms with E-state index in [-0.39, 0.29) is 6.04 Å². The summed E-state index contributed by atoms with van der Waals surface area (Å²) < 4.78 is 1.67. The van der Waals surface area contributed by atoms with E-state index in [2.05, 4.69) is 29.8 Å². The molecule has 1 N–H and O–H groups in total. The Labute approximate surface area is 84.8 Å². The lowest BCUT2D eigenvalue weighted by Gasteiger charge is -2.08. The summed E-state index contributed by atoms with van der Waals surface area (Å²) in [4.78, 5) is 0. The monoisotopic (exact) mass is 189 g/mol. The van der Waals surface area contributed by atoms with Crippen LogP contribution < -0.4 is 5.32 Å². The molecule has 0 radical (unpaired) electrons. The zero-order chi connectivity index (χ0) is 10.4. The fourth-order valence-electron chi connectivity index (χ4n) is 1.13. The van der Waals surface area contributed by atoms with E-state index in [1.807, 2.05) is 6.20 Å². The van der Waals surface area contributed by atoms with Crippen molar-refractivity contribution >= 4 is 6.20 Å². The van der Waals surface area contributed by atoms with Gasteiger partial charge in [0, 0.05) is 24.5 Å². The van der Waals surface area contributed by atoms with Gasteiger partial charge in [0.2, 0.25) is 0 Å². The van der Waals surface area contributed by atoms with E-state index >= 15 is 0 Å². The Morgan fingerprint density at radius 2 is 2.64 bits per heavy atom. The summed E-state index contributed by atoms with van der Waals surface area (Å²) >= 11 is 0. The number of hydrogen-bond donors (Lipinski definition) is 1. The Balaban J connectivity index is 2.45. The molecule has 0 spiro atoms. The average Bonchev–Trinajstić information content (AvgIpc) is 2.67. The summed E-state index contributed by atoms with van der Waals surface area (Å²) in [5, 5.41) is 7.32. The number of hydrogen-bond acceptors (Lipinski definition) is 2. The summed E-state index contributed by atoms with van der Waals surface area (Å²) in [6, 6.07) is 0.141. The van der Waals surface area contributed by atoms with Gasteiger partial charge < -0.3 is 0 Å². The van der Waals surface area contributed by atoms with Crippen molar-refractivity contribution in [1.82, 2.24) is 15.1 Å². The van der Waals surface area contributed by atoms with E-state index in [9.17, 15) is 0 Å². The summed E-state index contributed by atoms with van der Waals surface area (Å²) in [6.07, 6.45) is 11.6. The Morgan fingerprint density at radius 1 is 1.86 bits per heavy atom. The molecule has 0 aliphatic heterocycles. The van der Waals surface area contributed by atoms with Crippen molar-refractivity contribution in [3.63, 3.8) is 0 Å². The molecule has 0 saturated carbocycles. The summed E-state index contributed by atoms with van der Waals surface area (Å²) in [5.74, 6) is 2.68. The second-order valence-corrected chi connectivity index (χ2v) is 3.02. The van der Waals surface area contributed by atoms with E-state index in [1.54, 1.807) is 17.1 Å². The van der Waals surface area contributed by atoms with Crippen LogP contribution in [0.1, 0.15) is 18.9 Å². The highest BCUT2D eigenvalue weighted by molar-refractivity contribution is 5.17. The van der Waals surface area contributed by atoms with E-state index in [4.69, 9.17) is 6.42 Å². The molecule has 1 heterocycles. The number of aromatic nitrogens is 2. The third kappa shape index (κ3) is 2.75. The molecular formula is C11H15N3. The van der Waals surface area contributed by atoms with Crippen LogP contribution in [-0.4, -0.2) is 15.8 Å². The number of nitrogens with zero attached hydrogens (tertiary/aromatic N) is 2. The second kappa shape index (κ2) is 5.25. The van der Waals surface area contributed by atoms with Gasteiger partial charge in [0.15, 0.2) is 0 Å². The van der Waals surface area contributed by atoms with Gasteiger partial charge in [0.25, 0.3) is 0 Å². The molecule has 1 aromatic rings. The molecule has 0 bridgehead atoms. The minimum absolute atomic E-state index is 0.141. The maximum Gasteiger partial charge on any atom is 0.0686 e. The summed E-state index contributed by atoms with van der Waals surface area (Å²) in [5.41, 5.74) is 1.11. The van der Waals surface area contributed by atoms with Crippen molar-refractivity contribution in [1.29, 1.82) is 0 Å². The van der Waals surface area contributed by atoms with Crippen molar-refractivity contribution < 1.29 is 0 Å². The normalized spacial score (nSPS) is 12.0. The molecule has 0 amide bonds. The van der Waals surface area contributed by atoms with Crippen LogP contribution in [0.25, 0.3) is 6.20 Å². The standard InChI is InChI=1S/C11H15N3/c1-4-11(5-2)12-7-10-8-13-14(6-3)9-10/h1,6,8-9,11-12H,3,5,7H2,2H3.